The number of hydrogen-bond acceptors (Lipinski definition) is 2. The summed E-state index contributed by atoms with van der Waals surface area (Å²) >= 11 is 0. The lowest BCUT2D eigenvalue weighted by Gasteiger charge is -2.65. The Morgan fingerprint density at radius 3 is 1.81 bits per heavy atom. The van der Waals surface area contributed by atoms with Gasteiger partial charge in [-0.3, -0.25) is 4.90 Å². The molecule has 94 valence electrons. The van der Waals surface area contributed by atoms with Crippen LogP contribution < -0.4 is 0 Å². The van der Waals surface area contributed by atoms with Crippen molar-refractivity contribution >= 4 is 0 Å². The molecular formula is C11H18F3NO. The molecule has 2 aliphatic rings. The number of rotatable bonds is 0. The molecule has 2 rings (SSSR count). The van der Waals surface area contributed by atoms with Gasteiger partial charge in [-0.15, -0.1) is 0 Å². The minimum Gasteiger partial charge on any atom is -0.380 e. The topological polar surface area (TPSA) is 23.5 Å². The van der Waals surface area contributed by atoms with E-state index in [-0.39, 0.29) is 23.8 Å². The van der Waals surface area contributed by atoms with Gasteiger partial charge in [-0.25, -0.2) is 0 Å². The molecule has 0 radical (unpaired) electrons. The van der Waals surface area contributed by atoms with Crippen molar-refractivity contribution in [2.45, 2.75) is 50.9 Å². The summed E-state index contributed by atoms with van der Waals surface area (Å²) in [4.78, 5) is 2.16. The molecule has 1 saturated carbocycles. The van der Waals surface area contributed by atoms with Gasteiger partial charge in [0.05, 0.1) is 0 Å². The standard InChI is InChI=1S/C11H18F3NO/c1-8(2,3)15-6-9(7-15)4-10(16,5-9)11(12,13)14/h16H,4-7H2,1-3H3. The molecule has 1 N–H and O–H groups in total. The summed E-state index contributed by atoms with van der Waals surface area (Å²) in [5, 5.41) is 9.39. The molecule has 5 heteroatoms. The van der Waals surface area contributed by atoms with Crippen LogP contribution >= 0.6 is 0 Å². The molecule has 0 unspecified atom stereocenters. The van der Waals surface area contributed by atoms with E-state index in [1.54, 1.807) is 0 Å². The highest BCUT2D eigenvalue weighted by molar-refractivity contribution is 5.15. The van der Waals surface area contributed by atoms with Gasteiger partial charge in [0.25, 0.3) is 0 Å². The van der Waals surface area contributed by atoms with Crippen molar-refractivity contribution in [1.82, 2.24) is 4.90 Å². The van der Waals surface area contributed by atoms with Crippen molar-refractivity contribution in [3.8, 4) is 0 Å². The van der Waals surface area contributed by atoms with Crippen LogP contribution in [0.3, 0.4) is 0 Å². The summed E-state index contributed by atoms with van der Waals surface area (Å²) in [5.41, 5.74) is -2.69. The van der Waals surface area contributed by atoms with E-state index in [0.717, 1.165) is 0 Å². The molecule has 1 aliphatic heterocycles. The summed E-state index contributed by atoms with van der Waals surface area (Å²) in [5.74, 6) is 0. The zero-order valence-corrected chi connectivity index (χ0v) is 9.86. The van der Waals surface area contributed by atoms with E-state index in [2.05, 4.69) is 25.7 Å². The first-order valence-electron chi connectivity index (χ1n) is 5.52. The van der Waals surface area contributed by atoms with Crippen molar-refractivity contribution in [2.75, 3.05) is 13.1 Å². The molecule has 2 fully saturated rings. The Kier molecular flexibility index (Phi) is 2.23. The predicted molar refractivity (Wildman–Crippen MR) is 54.0 cm³/mol. The molecular weight excluding hydrogens is 219 g/mol. The molecule has 1 aliphatic carbocycles. The number of hydrogen-bond donors (Lipinski definition) is 1. The number of halogens is 3. The molecule has 1 heterocycles. The van der Waals surface area contributed by atoms with Crippen molar-refractivity contribution in [2.24, 2.45) is 5.41 Å². The van der Waals surface area contributed by atoms with Gasteiger partial charge >= 0.3 is 6.18 Å². The van der Waals surface area contributed by atoms with E-state index in [1.165, 1.54) is 0 Å². The highest BCUT2D eigenvalue weighted by Crippen LogP contribution is 2.60. The Morgan fingerprint density at radius 2 is 1.50 bits per heavy atom. The van der Waals surface area contributed by atoms with Gasteiger partial charge in [-0.2, -0.15) is 13.2 Å². The van der Waals surface area contributed by atoms with Crippen molar-refractivity contribution in [3.63, 3.8) is 0 Å². The van der Waals surface area contributed by atoms with E-state index in [4.69, 9.17) is 0 Å². The Bertz CT molecular complexity index is 291. The van der Waals surface area contributed by atoms with Crippen LogP contribution in [0.1, 0.15) is 33.6 Å². The van der Waals surface area contributed by atoms with Crippen LogP contribution in [0.15, 0.2) is 0 Å². The minimum absolute atomic E-state index is 0.0111. The maximum absolute atomic E-state index is 12.5. The number of nitrogens with zero attached hydrogens (tertiary/aromatic N) is 1. The summed E-state index contributed by atoms with van der Waals surface area (Å²) in [6, 6.07) is 0. The number of alkyl halides is 3. The molecule has 0 aromatic carbocycles. The fraction of sp³-hybridized carbons (Fsp3) is 1.00. The Labute approximate surface area is 93.4 Å². The highest BCUT2D eigenvalue weighted by Gasteiger charge is 2.70. The average molecular weight is 237 g/mol. The molecule has 0 aromatic rings. The molecule has 0 amide bonds. The van der Waals surface area contributed by atoms with E-state index < -0.39 is 11.8 Å². The molecule has 1 saturated heterocycles. The fourth-order valence-corrected chi connectivity index (χ4v) is 2.85. The third-order valence-corrected chi connectivity index (χ3v) is 3.86. The third-order valence-electron chi connectivity index (χ3n) is 3.86. The van der Waals surface area contributed by atoms with Crippen LogP contribution in [0.25, 0.3) is 0 Å². The zero-order valence-electron chi connectivity index (χ0n) is 9.86. The quantitative estimate of drug-likeness (QED) is 0.698. The van der Waals surface area contributed by atoms with Crippen molar-refractivity contribution < 1.29 is 18.3 Å². The third kappa shape index (κ3) is 1.64. The first-order chi connectivity index (χ1) is 6.98. The van der Waals surface area contributed by atoms with Crippen LogP contribution in [0.4, 0.5) is 13.2 Å². The maximum atomic E-state index is 12.5. The SMILES string of the molecule is CC(C)(C)N1CC2(C1)CC(O)(C(F)(F)F)C2. The second-order valence-corrected chi connectivity index (χ2v) is 6.41. The molecule has 0 aromatic heterocycles. The van der Waals surface area contributed by atoms with Gasteiger partial charge in [0, 0.05) is 24.0 Å². The Morgan fingerprint density at radius 1 is 1.06 bits per heavy atom. The first-order valence-corrected chi connectivity index (χ1v) is 5.52. The van der Waals surface area contributed by atoms with Gasteiger partial charge in [-0.05, 0) is 33.6 Å². The molecule has 0 atom stereocenters. The van der Waals surface area contributed by atoms with Gasteiger partial charge < -0.3 is 5.11 Å². The highest BCUT2D eigenvalue weighted by atomic mass is 19.4. The first kappa shape index (κ1) is 12.2. The van der Waals surface area contributed by atoms with Gasteiger partial charge in [0.15, 0.2) is 5.60 Å². The monoisotopic (exact) mass is 237 g/mol. The number of aliphatic hydroxyl groups is 1. The fourth-order valence-electron chi connectivity index (χ4n) is 2.85. The molecule has 2 nitrogen and oxygen atoms in total. The number of likely N-dealkylation sites (tertiary alicyclic amines) is 1. The smallest absolute Gasteiger partial charge is 0.380 e. The Hall–Kier alpha value is -0.290. The molecule has 0 bridgehead atoms. The lowest BCUT2D eigenvalue weighted by molar-refractivity contribution is -0.335. The lowest BCUT2D eigenvalue weighted by Crippen LogP contribution is -2.74. The van der Waals surface area contributed by atoms with E-state index in [0.29, 0.717) is 13.1 Å². The van der Waals surface area contributed by atoms with Gasteiger partial charge in [0.2, 0.25) is 0 Å². The molecule has 1 spiro atoms. The van der Waals surface area contributed by atoms with E-state index in [9.17, 15) is 18.3 Å². The van der Waals surface area contributed by atoms with Crippen LogP contribution in [0, 0.1) is 5.41 Å². The lowest BCUT2D eigenvalue weighted by atomic mass is 9.54. The van der Waals surface area contributed by atoms with E-state index >= 15 is 0 Å². The average Bonchev–Trinajstić information content (AvgIpc) is 1.88. The zero-order chi connectivity index (χ0) is 12.4. The van der Waals surface area contributed by atoms with E-state index in [1.807, 2.05) is 0 Å². The van der Waals surface area contributed by atoms with Crippen LogP contribution in [-0.4, -0.2) is 40.4 Å². The normalized spacial score (nSPS) is 28.7. The van der Waals surface area contributed by atoms with Gasteiger partial charge in [-0.1, -0.05) is 0 Å². The summed E-state index contributed by atoms with van der Waals surface area (Å²) in [7, 11) is 0. The molecule has 16 heavy (non-hydrogen) atoms. The van der Waals surface area contributed by atoms with Gasteiger partial charge in [0.1, 0.15) is 0 Å². The van der Waals surface area contributed by atoms with Crippen molar-refractivity contribution in [3.05, 3.63) is 0 Å². The Balaban J connectivity index is 1.92. The second-order valence-electron chi connectivity index (χ2n) is 6.41. The van der Waals surface area contributed by atoms with Crippen LogP contribution in [-0.2, 0) is 0 Å². The largest absolute Gasteiger partial charge is 0.417 e. The van der Waals surface area contributed by atoms with Crippen LogP contribution in [0.5, 0.6) is 0 Å². The predicted octanol–water partition coefficient (Wildman–Crippen LogP) is 2.17. The summed E-state index contributed by atoms with van der Waals surface area (Å²) in [6.07, 6.45) is -4.73. The summed E-state index contributed by atoms with van der Waals surface area (Å²) in [6.45, 7) is 7.50. The maximum Gasteiger partial charge on any atom is 0.417 e. The minimum atomic E-state index is -4.47. The second kappa shape index (κ2) is 2.93. The van der Waals surface area contributed by atoms with Crippen LogP contribution in [0.2, 0.25) is 0 Å². The van der Waals surface area contributed by atoms with Crippen molar-refractivity contribution in [1.29, 1.82) is 0 Å². The summed E-state index contributed by atoms with van der Waals surface area (Å²) < 4.78 is 37.4.